The second kappa shape index (κ2) is 9.18. The molecular formula is C20H23NO2S. The smallest absolute Gasteiger partial charge is 0.252 e. The van der Waals surface area contributed by atoms with E-state index in [1.807, 2.05) is 68.5 Å². The molecule has 24 heavy (non-hydrogen) atoms. The maximum absolute atomic E-state index is 12.5. The van der Waals surface area contributed by atoms with Gasteiger partial charge in [0.05, 0.1) is 11.6 Å². The largest absolute Gasteiger partial charge is 0.491 e. The molecule has 2 aromatic rings. The molecule has 0 saturated heterocycles. The summed E-state index contributed by atoms with van der Waals surface area (Å²) >= 11 is 1.60. The fourth-order valence-corrected chi connectivity index (χ4v) is 2.92. The predicted octanol–water partition coefficient (Wildman–Crippen LogP) is 4.47. The van der Waals surface area contributed by atoms with Crippen LogP contribution < -0.4 is 10.1 Å². The third-order valence-electron chi connectivity index (χ3n) is 3.39. The minimum absolute atomic E-state index is 0.0813. The van der Waals surface area contributed by atoms with Gasteiger partial charge in [0.2, 0.25) is 0 Å². The monoisotopic (exact) mass is 341 g/mol. The van der Waals surface area contributed by atoms with E-state index in [2.05, 4.69) is 11.9 Å². The SMILES string of the molecule is C=CCSc1ccccc1C(=O)N[C@@H](C)COc1ccc(C)cc1. The molecule has 3 nitrogen and oxygen atoms in total. The number of carbonyl (C=O) groups is 1. The van der Waals surface area contributed by atoms with E-state index in [0.29, 0.717) is 12.2 Å². The molecule has 4 heteroatoms. The second-order valence-corrected chi connectivity index (χ2v) is 6.66. The van der Waals surface area contributed by atoms with Crippen molar-refractivity contribution in [3.63, 3.8) is 0 Å². The van der Waals surface area contributed by atoms with Gasteiger partial charge in [-0.15, -0.1) is 18.3 Å². The Kier molecular flexibility index (Phi) is 6.94. The topological polar surface area (TPSA) is 38.3 Å². The highest BCUT2D eigenvalue weighted by Gasteiger charge is 2.14. The lowest BCUT2D eigenvalue weighted by atomic mass is 10.2. The molecule has 0 saturated carbocycles. The molecular weight excluding hydrogens is 318 g/mol. The van der Waals surface area contributed by atoms with Crippen LogP contribution in [0.4, 0.5) is 0 Å². The van der Waals surface area contributed by atoms with Crippen molar-refractivity contribution in [1.82, 2.24) is 5.32 Å². The molecule has 0 bridgehead atoms. The molecule has 0 fully saturated rings. The third-order valence-corrected chi connectivity index (χ3v) is 4.46. The van der Waals surface area contributed by atoms with Gasteiger partial charge in [-0.2, -0.15) is 0 Å². The maximum atomic E-state index is 12.5. The Morgan fingerprint density at radius 1 is 1.25 bits per heavy atom. The highest BCUT2D eigenvalue weighted by Crippen LogP contribution is 2.22. The van der Waals surface area contributed by atoms with Crippen molar-refractivity contribution >= 4 is 17.7 Å². The van der Waals surface area contributed by atoms with Crippen LogP contribution in [0.25, 0.3) is 0 Å². The maximum Gasteiger partial charge on any atom is 0.252 e. The quantitative estimate of drug-likeness (QED) is 0.569. The van der Waals surface area contributed by atoms with Crippen LogP contribution in [0.5, 0.6) is 5.75 Å². The average Bonchev–Trinajstić information content (AvgIpc) is 2.59. The van der Waals surface area contributed by atoms with E-state index in [4.69, 9.17) is 4.74 Å². The lowest BCUT2D eigenvalue weighted by Crippen LogP contribution is -2.37. The van der Waals surface area contributed by atoms with Crippen molar-refractivity contribution in [2.24, 2.45) is 0 Å². The molecule has 1 atom stereocenters. The standard InChI is InChI=1S/C20H23NO2S/c1-4-13-24-19-8-6-5-7-18(19)20(22)21-16(3)14-23-17-11-9-15(2)10-12-17/h4-12,16H,1,13-14H2,2-3H3,(H,21,22)/t16-/m0/s1. The summed E-state index contributed by atoms with van der Waals surface area (Å²) in [4.78, 5) is 13.4. The van der Waals surface area contributed by atoms with E-state index in [1.54, 1.807) is 11.8 Å². The number of hydrogen-bond donors (Lipinski definition) is 1. The first-order valence-corrected chi connectivity index (χ1v) is 8.91. The van der Waals surface area contributed by atoms with Crippen LogP contribution in [0.1, 0.15) is 22.8 Å². The number of rotatable bonds is 8. The number of hydrogen-bond acceptors (Lipinski definition) is 3. The fraction of sp³-hybridized carbons (Fsp3) is 0.250. The van der Waals surface area contributed by atoms with Gasteiger partial charge in [0.25, 0.3) is 5.91 Å². The van der Waals surface area contributed by atoms with E-state index in [1.165, 1.54) is 5.56 Å². The first-order valence-electron chi connectivity index (χ1n) is 7.93. The van der Waals surface area contributed by atoms with Crippen molar-refractivity contribution in [2.75, 3.05) is 12.4 Å². The lowest BCUT2D eigenvalue weighted by Gasteiger charge is -2.16. The summed E-state index contributed by atoms with van der Waals surface area (Å²) in [6.45, 7) is 8.12. The summed E-state index contributed by atoms with van der Waals surface area (Å²) < 4.78 is 5.72. The molecule has 0 spiro atoms. The molecule has 2 aromatic carbocycles. The van der Waals surface area contributed by atoms with Crippen molar-refractivity contribution in [2.45, 2.75) is 24.8 Å². The van der Waals surface area contributed by atoms with Gasteiger partial charge in [0, 0.05) is 10.6 Å². The molecule has 0 heterocycles. The van der Waals surface area contributed by atoms with Crippen LogP contribution >= 0.6 is 11.8 Å². The number of ether oxygens (including phenoxy) is 1. The van der Waals surface area contributed by atoms with Gasteiger partial charge in [-0.1, -0.05) is 35.9 Å². The molecule has 1 amide bonds. The fourth-order valence-electron chi connectivity index (χ4n) is 2.13. The van der Waals surface area contributed by atoms with E-state index in [9.17, 15) is 4.79 Å². The normalized spacial score (nSPS) is 11.6. The Morgan fingerprint density at radius 3 is 2.67 bits per heavy atom. The molecule has 0 unspecified atom stereocenters. The molecule has 2 rings (SSSR count). The van der Waals surface area contributed by atoms with Crippen LogP contribution in [0.15, 0.2) is 66.1 Å². The highest BCUT2D eigenvalue weighted by atomic mass is 32.2. The Morgan fingerprint density at radius 2 is 1.96 bits per heavy atom. The molecule has 0 aliphatic heterocycles. The van der Waals surface area contributed by atoms with E-state index < -0.39 is 0 Å². The zero-order valence-electron chi connectivity index (χ0n) is 14.1. The zero-order chi connectivity index (χ0) is 17.4. The van der Waals surface area contributed by atoms with Gasteiger partial charge < -0.3 is 10.1 Å². The zero-order valence-corrected chi connectivity index (χ0v) is 14.9. The van der Waals surface area contributed by atoms with Gasteiger partial charge in [0.1, 0.15) is 12.4 Å². The van der Waals surface area contributed by atoms with Crippen molar-refractivity contribution in [1.29, 1.82) is 0 Å². The van der Waals surface area contributed by atoms with E-state index >= 15 is 0 Å². The predicted molar refractivity (Wildman–Crippen MR) is 101 cm³/mol. The number of thioether (sulfide) groups is 1. The number of aryl methyl sites for hydroxylation is 1. The minimum atomic E-state index is -0.0868. The van der Waals surface area contributed by atoms with Crippen molar-refractivity contribution in [3.05, 3.63) is 72.3 Å². The Hall–Kier alpha value is -2.20. The van der Waals surface area contributed by atoms with E-state index in [-0.39, 0.29) is 11.9 Å². The molecule has 0 aliphatic carbocycles. The Bertz CT molecular complexity index is 682. The lowest BCUT2D eigenvalue weighted by molar-refractivity contribution is 0.0923. The van der Waals surface area contributed by atoms with Crippen LogP contribution in [-0.4, -0.2) is 24.3 Å². The van der Waals surface area contributed by atoms with Crippen molar-refractivity contribution in [3.8, 4) is 5.75 Å². The summed E-state index contributed by atoms with van der Waals surface area (Å²) in [6, 6.07) is 15.4. The first-order chi connectivity index (χ1) is 11.6. The summed E-state index contributed by atoms with van der Waals surface area (Å²) in [5.41, 5.74) is 1.88. The summed E-state index contributed by atoms with van der Waals surface area (Å²) in [5.74, 6) is 1.50. The molecule has 0 radical (unpaired) electrons. The average molecular weight is 341 g/mol. The number of nitrogens with one attached hydrogen (secondary N) is 1. The van der Waals surface area contributed by atoms with Crippen LogP contribution in [0.2, 0.25) is 0 Å². The first kappa shape index (κ1) is 18.1. The molecule has 0 aromatic heterocycles. The van der Waals surface area contributed by atoms with Crippen LogP contribution in [0, 0.1) is 6.92 Å². The number of carbonyl (C=O) groups excluding carboxylic acids is 1. The van der Waals surface area contributed by atoms with Gasteiger partial charge in [-0.3, -0.25) is 4.79 Å². The second-order valence-electron chi connectivity index (χ2n) is 5.59. The minimum Gasteiger partial charge on any atom is -0.491 e. The van der Waals surface area contributed by atoms with Crippen LogP contribution in [0.3, 0.4) is 0 Å². The highest BCUT2D eigenvalue weighted by molar-refractivity contribution is 7.99. The number of amides is 1. The van der Waals surface area contributed by atoms with Crippen molar-refractivity contribution < 1.29 is 9.53 Å². The molecule has 1 N–H and O–H groups in total. The third kappa shape index (κ3) is 5.46. The summed E-state index contributed by atoms with van der Waals surface area (Å²) in [5, 5.41) is 2.99. The number of benzene rings is 2. The molecule has 126 valence electrons. The Labute approximate surface area is 148 Å². The molecule has 0 aliphatic rings. The summed E-state index contributed by atoms with van der Waals surface area (Å²) in [7, 11) is 0. The summed E-state index contributed by atoms with van der Waals surface area (Å²) in [6.07, 6.45) is 1.83. The van der Waals surface area contributed by atoms with Gasteiger partial charge in [-0.05, 0) is 38.1 Å². The Balaban J connectivity index is 1.91. The van der Waals surface area contributed by atoms with Gasteiger partial charge >= 0.3 is 0 Å². The van der Waals surface area contributed by atoms with Gasteiger partial charge in [0.15, 0.2) is 0 Å². The van der Waals surface area contributed by atoms with Crippen LogP contribution in [-0.2, 0) is 0 Å². The van der Waals surface area contributed by atoms with Gasteiger partial charge in [-0.25, -0.2) is 0 Å². The van der Waals surface area contributed by atoms with E-state index in [0.717, 1.165) is 16.4 Å².